The lowest BCUT2D eigenvalue weighted by Crippen LogP contribution is -2.10. The van der Waals surface area contributed by atoms with Crippen LogP contribution in [0.2, 0.25) is 0 Å². The Bertz CT molecular complexity index is 1160. The fourth-order valence-electron chi connectivity index (χ4n) is 2.78. The molecule has 0 spiro atoms. The van der Waals surface area contributed by atoms with Crippen molar-refractivity contribution in [1.29, 1.82) is 0 Å². The first-order valence-electron chi connectivity index (χ1n) is 9.27. The number of anilines is 2. The molecule has 4 aromatic rings. The van der Waals surface area contributed by atoms with Crippen molar-refractivity contribution in [2.75, 3.05) is 10.6 Å². The highest BCUT2D eigenvalue weighted by atomic mass is 32.1. The SMILES string of the molecule is O=C(/C=C/c1ccc(-c2ccccc2)o1)Nc1ccc(NC(=O)c2cccs2)cc1. The summed E-state index contributed by atoms with van der Waals surface area (Å²) in [5, 5.41) is 7.45. The minimum atomic E-state index is -0.275. The van der Waals surface area contributed by atoms with E-state index >= 15 is 0 Å². The van der Waals surface area contributed by atoms with Crippen molar-refractivity contribution in [2.45, 2.75) is 0 Å². The van der Waals surface area contributed by atoms with Crippen LogP contribution in [0.25, 0.3) is 17.4 Å². The van der Waals surface area contributed by atoms with E-state index in [1.807, 2.05) is 53.9 Å². The first-order valence-corrected chi connectivity index (χ1v) is 10.1. The normalized spacial score (nSPS) is 10.8. The summed E-state index contributed by atoms with van der Waals surface area (Å²) in [6, 6.07) is 24.0. The average Bonchev–Trinajstić information content (AvgIpc) is 3.47. The van der Waals surface area contributed by atoms with E-state index in [1.54, 1.807) is 36.4 Å². The first kappa shape index (κ1) is 19.4. The summed E-state index contributed by atoms with van der Waals surface area (Å²) in [5.74, 6) is 0.910. The van der Waals surface area contributed by atoms with Gasteiger partial charge >= 0.3 is 0 Å². The number of carbonyl (C=O) groups is 2. The molecule has 4 rings (SSSR count). The Hall–Kier alpha value is -3.90. The number of nitrogens with one attached hydrogen (secondary N) is 2. The summed E-state index contributed by atoms with van der Waals surface area (Å²) in [6.45, 7) is 0. The van der Waals surface area contributed by atoms with E-state index in [2.05, 4.69) is 10.6 Å². The Morgan fingerprint density at radius 1 is 0.800 bits per heavy atom. The lowest BCUT2D eigenvalue weighted by Gasteiger charge is -2.06. The predicted molar refractivity (Wildman–Crippen MR) is 121 cm³/mol. The van der Waals surface area contributed by atoms with Crippen LogP contribution in [-0.2, 0) is 4.79 Å². The summed E-state index contributed by atoms with van der Waals surface area (Å²) < 4.78 is 5.75. The monoisotopic (exact) mass is 414 g/mol. The van der Waals surface area contributed by atoms with E-state index in [-0.39, 0.29) is 11.8 Å². The lowest BCUT2D eigenvalue weighted by molar-refractivity contribution is -0.111. The Balaban J connectivity index is 1.33. The fourth-order valence-corrected chi connectivity index (χ4v) is 3.40. The summed E-state index contributed by atoms with van der Waals surface area (Å²) in [7, 11) is 0. The first-order chi connectivity index (χ1) is 14.7. The molecule has 0 radical (unpaired) electrons. The average molecular weight is 414 g/mol. The van der Waals surface area contributed by atoms with Crippen molar-refractivity contribution >= 4 is 40.6 Å². The number of benzene rings is 2. The van der Waals surface area contributed by atoms with Gasteiger partial charge in [-0.15, -0.1) is 11.3 Å². The van der Waals surface area contributed by atoms with Gasteiger partial charge in [0.2, 0.25) is 5.91 Å². The van der Waals surface area contributed by atoms with Crippen LogP contribution in [0.5, 0.6) is 0 Å². The molecular weight excluding hydrogens is 396 g/mol. The fraction of sp³-hybridized carbons (Fsp3) is 0. The summed E-state index contributed by atoms with van der Waals surface area (Å²) in [4.78, 5) is 24.9. The quantitative estimate of drug-likeness (QED) is 0.385. The molecule has 6 heteroatoms. The predicted octanol–water partition coefficient (Wildman–Crippen LogP) is 5.91. The Labute approximate surface area is 177 Å². The van der Waals surface area contributed by atoms with Crippen LogP contribution >= 0.6 is 11.3 Å². The molecule has 0 bridgehead atoms. The summed E-state index contributed by atoms with van der Waals surface area (Å²) in [5.41, 5.74) is 2.27. The van der Waals surface area contributed by atoms with Crippen molar-refractivity contribution in [3.8, 4) is 11.3 Å². The molecule has 2 amide bonds. The smallest absolute Gasteiger partial charge is 0.265 e. The molecule has 148 valence electrons. The molecule has 2 heterocycles. The van der Waals surface area contributed by atoms with Crippen molar-refractivity contribution < 1.29 is 14.0 Å². The third kappa shape index (κ3) is 4.92. The molecule has 30 heavy (non-hydrogen) atoms. The van der Waals surface area contributed by atoms with Crippen molar-refractivity contribution in [1.82, 2.24) is 0 Å². The van der Waals surface area contributed by atoms with Gasteiger partial charge in [0.25, 0.3) is 5.91 Å². The molecule has 0 aliphatic rings. The van der Waals surface area contributed by atoms with E-state index in [1.165, 1.54) is 17.4 Å². The molecule has 5 nitrogen and oxygen atoms in total. The van der Waals surface area contributed by atoms with Crippen LogP contribution < -0.4 is 10.6 Å². The number of furan rings is 1. The van der Waals surface area contributed by atoms with E-state index in [4.69, 9.17) is 4.42 Å². The van der Waals surface area contributed by atoms with Crippen LogP contribution in [0, 0.1) is 0 Å². The Morgan fingerprint density at radius 2 is 1.53 bits per heavy atom. The number of thiophene rings is 1. The van der Waals surface area contributed by atoms with Crippen LogP contribution in [0.3, 0.4) is 0 Å². The van der Waals surface area contributed by atoms with Gasteiger partial charge in [0.15, 0.2) is 0 Å². The van der Waals surface area contributed by atoms with E-state index in [9.17, 15) is 9.59 Å². The van der Waals surface area contributed by atoms with Gasteiger partial charge in [-0.1, -0.05) is 36.4 Å². The molecule has 2 N–H and O–H groups in total. The van der Waals surface area contributed by atoms with Crippen molar-refractivity contribution in [3.63, 3.8) is 0 Å². The number of carbonyl (C=O) groups excluding carboxylic acids is 2. The summed E-state index contributed by atoms with van der Waals surface area (Å²) in [6.07, 6.45) is 3.04. The number of rotatable bonds is 6. The van der Waals surface area contributed by atoms with Gasteiger partial charge in [0.1, 0.15) is 11.5 Å². The zero-order valence-corrected chi connectivity index (χ0v) is 16.7. The van der Waals surface area contributed by atoms with Crippen molar-refractivity contribution in [3.05, 3.63) is 101 Å². The van der Waals surface area contributed by atoms with Gasteiger partial charge in [-0.25, -0.2) is 0 Å². The standard InChI is InChI=1S/C24H18N2O3S/c27-23(15-13-20-12-14-21(29-20)17-5-2-1-3-6-17)25-18-8-10-19(11-9-18)26-24(28)22-7-4-16-30-22/h1-16H,(H,25,27)(H,26,28)/b15-13+. The zero-order chi connectivity index (χ0) is 20.8. The molecule has 0 fully saturated rings. The molecule has 0 unspecified atom stereocenters. The van der Waals surface area contributed by atoms with Gasteiger partial charge < -0.3 is 15.1 Å². The largest absolute Gasteiger partial charge is 0.457 e. The number of amides is 2. The Kier molecular flexibility index (Phi) is 5.87. The van der Waals surface area contributed by atoms with Gasteiger partial charge in [-0.2, -0.15) is 0 Å². The lowest BCUT2D eigenvalue weighted by atomic mass is 10.2. The molecule has 0 atom stereocenters. The highest BCUT2D eigenvalue weighted by Gasteiger charge is 2.07. The maximum atomic E-state index is 12.2. The molecule has 0 aliphatic carbocycles. The second kappa shape index (κ2) is 9.07. The number of hydrogen-bond donors (Lipinski definition) is 2. The second-order valence-corrected chi connectivity index (χ2v) is 7.35. The zero-order valence-electron chi connectivity index (χ0n) is 15.9. The maximum Gasteiger partial charge on any atom is 0.265 e. The molecule has 0 aliphatic heterocycles. The topological polar surface area (TPSA) is 71.3 Å². The van der Waals surface area contributed by atoms with E-state index < -0.39 is 0 Å². The number of hydrogen-bond acceptors (Lipinski definition) is 4. The van der Waals surface area contributed by atoms with Gasteiger partial charge in [0, 0.05) is 23.0 Å². The Morgan fingerprint density at radius 3 is 2.23 bits per heavy atom. The molecule has 2 aromatic heterocycles. The molecule has 0 saturated heterocycles. The minimum Gasteiger partial charge on any atom is -0.457 e. The highest BCUT2D eigenvalue weighted by molar-refractivity contribution is 7.12. The van der Waals surface area contributed by atoms with Gasteiger partial charge in [-0.05, 0) is 53.9 Å². The van der Waals surface area contributed by atoms with Crippen LogP contribution in [0.1, 0.15) is 15.4 Å². The van der Waals surface area contributed by atoms with Crippen LogP contribution in [-0.4, -0.2) is 11.8 Å². The van der Waals surface area contributed by atoms with Crippen LogP contribution in [0.15, 0.2) is 94.7 Å². The molecule has 2 aromatic carbocycles. The van der Waals surface area contributed by atoms with Gasteiger partial charge in [-0.3, -0.25) is 9.59 Å². The van der Waals surface area contributed by atoms with Crippen LogP contribution in [0.4, 0.5) is 11.4 Å². The van der Waals surface area contributed by atoms with Crippen molar-refractivity contribution in [2.24, 2.45) is 0 Å². The molecule has 0 saturated carbocycles. The second-order valence-electron chi connectivity index (χ2n) is 6.40. The maximum absolute atomic E-state index is 12.2. The summed E-state index contributed by atoms with van der Waals surface area (Å²) >= 11 is 1.38. The molecular formula is C24H18N2O3S. The third-order valence-corrected chi connectivity index (χ3v) is 5.11. The highest BCUT2D eigenvalue weighted by Crippen LogP contribution is 2.22. The van der Waals surface area contributed by atoms with E-state index in [0.29, 0.717) is 22.0 Å². The van der Waals surface area contributed by atoms with E-state index in [0.717, 1.165) is 11.3 Å². The minimum absolute atomic E-state index is 0.155. The third-order valence-electron chi connectivity index (χ3n) is 4.24. The van der Waals surface area contributed by atoms with Gasteiger partial charge in [0.05, 0.1) is 4.88 Å².